The molecule has 0 aliphatic heterocycles. The summed E-state index contributed by atoms with van der Waals surface area (Å²) in [6.45, 7) is 6.86. The summed E-state index contributed by atoms with van der Waals surface area (Å²) in [6.07, 6.45) is 0. The molecule has 0 N–H and O–H groups in total. The van der Waals surface area contributed by atoms with Crippen molar-refractivity contribution in [3.63, 3.8) is 0 Å². The highest BCUT2D eigenvalue weighted by molar-refractivity contribution is 5.94. The minimum atomic E-state index is -0.179. The second-order valence-electron chi connectivity index (χ2n) is 6.00. The molecule has 1 atom stereocenters. The van der Waals surface area contributed by atoms with Crippen molar-refractivity contribution in [1.82, 2.24) is 14.7 Å². The summed E-state index contributed by atoms with van der Waals surface area (Å²) in [5, 5.41) is 13.3. The summed E-state index contributed by atoms with van der Waals surface area (Å²) in [6, 6.07) is 11.8. The maximum Gasteiger partial charge on any atom is 0.253 e. The third-order valence-electron chi connectivity index (χ3n) is 3.72. The second kappa shape index (κ2) is 7.10. The summed E-state index contributed by atoms with van der Waals surface area (Å²) >= 11 is 0. The van der Waals surface area contributed by atoms with E-state index in [2.05, 4.69) is 11.2 Å². The van der Waals surface area contributed by atoms with Crippen molar-refractivity contribution in [3.05, 3.63) is 52.8 Å². The van der Waals surface area contributed by atoms with Crippen LogP contribution >= 0.6 is 0 Å². The molecular formula is C18H22N4O. The molecule has 2 rings (SSSR count). The van der Waals surface area contributed by atoms with Gasteiger partial charge in [0.05, 0.1) is 24.2 Å². The second-order valence-corrected chi connectivity index (χ2v) is 6.00. The lowest BCUT2D eigenvalue weighted by atomic mass is 10.1. The maximum absolute atomic E-state index is 12.5. The first-order chi connectivity index (χ1) is 10.9. The molecule has 0 radical (unpaired) electrons. The smallest absolute Gasteiger partial charge is 0.253 e. The highest BCUT2D eigenvalue weighted by Crippen LogP contribution is 2.12. The average molecular weight is 310 g/mol. The van der Waals surface area contributed by atoms with E-state index in [4.69, 9.17) is 5.26 Å². The van der Waals surface area contributed by atoms with Gasteiger partial charge in [0.2, 0.25) is 0 Å². The molecule has 2 aromatic rings. The van der Waals surface area contributed by atoms with Crippen LogP contribution in [0.5, 0.6) is 0 Å². The fourth-order valence-electron chi connectivity index (χ4n) is 2.57. The molecule has 0 saturated carbocycles. The van der Waals surface area contributed by atoms with Crippen molar-refractivity contribution in [2.75, 3.05) is 13.6 Å². The first kappa shape index (κ1) is 16.8. The van der Waals surface area contributed by atoms with Crippen LogP contribution in [0.4, 0.5) is 0 Å². The predicted molar refractivity (Wildman–Crippen MR) is 89.0 cm³/mol. The highest BCUT2D eigenvalue weighted by Gasteiger charge is 2.14. The van der Waals surface area contributed by atoms with Gasteiger partial charge in [-0.2, -0.15) is 10.4 Å². The summed E-state index contributed by atoms with van der Waals surface area (Å²) < 4.78 is 1.93. The average Bonchev–Trinajstić information content (AvgIpc) is 2.84. The topological polar surface area (TPSA) is 61.9 Å². The van der Waals surface area contributed by atoms with E-state index in [0.29, 0.717) is 18.7 Å². The molecule has 5 nitrogen and oxygen atoms in total. The highest BCUT2D eigenvalue weighted by atomic mass is 16.2. The Bertz CT molecular complexity index is 742. The first-order valence-electron chi connectivity index (χ1n) is 7.65. The number of benzene rings is 1. The Labute approximate surface area is 137 Å². The van der Waals surface area contributed by atoms with Gasteiger partial charge in [-0.25, -0.2) is 0 Å². The molecule has 120 valence electrons. The number of aromatic nitrogens is 2. The van der Waals surface area contributed by atoms with Gasteiger partial charge in [-0.15, -0.1) is 0 Å². The molecule has 0 aliphatic rings. The van der Waals surface area contributed by atoms with Crippen LogP contribution in [-0.2, 0) is 6.54 Å². The summed E-state index contributed by atoms with van der Waals surface area (Å²) in [7, 11) is 1.73. The molecule has 1 aromatic carbocycles. The van der Waals surface area contributed by atoms with E-state index in [1.807, 2.05) is 49.7 Å². The van der Waals surface area contributed by atoms with Gasteiger partial charge >= 0.3 is 0 Å². The Kier molecular flexibility index (Phi) is 5.17. The van der Waals surface area contributed by atoms with Crippen LogP contribution in [0.25, 0.3) is 0 Å². The van der Waals surface area contributed by atoms with Crippen molar-refractivity contribution in [3.8, 4) is 6.07 Å². The monoisotopic (exact) mass is 310 g/mol. The Hall–Kier alpha value is -2.61. The Morgan fingerprint density at radius 3 is 2.74 bits per heavy atom. The van der Waals surface area contributed by atoms with Crippen molar-refractivity contribution >= 4 is 5.91 Å². The molecule has 0 bridgehead atoms. The van der Waals surface area contributed by atoms with E-state index in [-0.39, 0.29) is 11.8 Å². The molecule has 0 aliphatic carbocycles. The molecular weight excluding hydrogens is 288 g/mol. The molecule has 0 spiro atoms. The number of aryl methyl sites for hydroxylation is 2. The Balaban J connectivity index is 2.15. The van der Waals surface area contributed by atoms with Crippen LogP contribution in [0.15, 0.2) is 30.3 Å². The van der Waals surface area contributed by atoms with Crippen LogP contribution in [0.3, 0.4) is 0 Å². The largest absolute Gasteiger partial charge is 0.340 e. The fraction of sp³-hybridized carbons (Fsp3) is 0.389. The molecule has 0 unspecified atom stereocenters. The quantitative estimate of drug-likeness (QED) is 0.853. The van der Waals surface area contributed by atoms with Crippen molar-refractivity contribution < 1.29 is 4.79 Å². The van der Waals surface area contributed by atoms with Gasteiger partial charge in [0.25, 0.3) is 5.91 Å². The SMILES string of the molecule is Cc1cc(C)n(Cc2cccc(C(=O)N(C)C[C@@H](C)C#N)c2)n1. The van der Waals surface area contributed by atoms with Gasteiger partial charge in [0.1, 0.15) is 0 Å². The molecule has 5 heteroatoms. The molecule has 0 saturated heterocycles. The van der Waals surface area contributed by atoms with Gasteiger partial charge in [-0.1, -0.05) is 12.1 Å². The molecule has 1 heterocycles. The Morgan fingerprint density at radius 1 is 1.39 bits per heavy atom. The van der Waals surface area contributed by atoms with Crippen molar-refractivity contribution in [2.24, 2.45) is 5.92 Å². The van der Waals surface area contributed by atoms with Crippen LogP contribution in [0.2, 0.25) is 0 Å². The van der Waals surface area contributed by atoms with Crippen molar-refractivity contribution in [2.45, 2.75) is 27.3 Å². The van der Waals surface area contributed by atoms with Crippen molar-refractivity contribution in [1.29, 1.82) is 5.26 Å². The van der Waals surface area contributed by atoms with E-state index in [1.165, 1.54) is 0 Å². The summed E-state index contributed by atoms with van der Waals surface area (Å²) in [5.74, 6) is -0.246. The number of amides is 1. The lowest BCUT2D eigenvalue weighted by Crippen LogP contribution is -2.30. The zero-order valence-corrected chi connectivity index (χ0v) is 14.1. The van der Waals surface area contributed by atoms with E-state index in [9.17, 15) is 4.79 Å². The van der Waals surface area contributed by atoms with E-state index < -0.39 is 0 Å². The van der Waals surface area contributed by atoms with Gasteiger partial charge in [0.15, 0.2) is 0 Å². The number of hydrogen-bond donors (Lipinski definition) is 0. The van der Waals surface area contributed by atoms with Gasteiger partial charge in [-0.05, 0) is 44.5 Å². The minimum Gasteiger partial charge on any atom is -0.340 e. The number of nitriles is 1. The van der Waals surface area contributed by atoms with Gasteiger partial charge in [0, 0.05) is 24.8 Å². The standard InChI is InChI=1S/C18H22N4O/c1-13(10-19)11-21(4)18(23)17-7-5-6-16(9-17)12-22-15(3)8-14(2)20-22/h5-9,13H,11-12H2,1-4H3/t13-/m0/s1. The van der Waals surface area contributed by atoms with Gasteiger partial charge < -0.3 is 4.90 Å². The number of carbonyl (C=O) groups is 1. The first-order valence-corrected chi connectivity index (χ1v) is 7.65. The molecule has 0 fully saturated rings. The van der Waals surface area contributed by atoms with Crippen LogP contribution in [-0.4, -0.2) is 34.2 Å². The zero-order chi connectivity index (χ0) is 17.0. The van der Waals surface area contributed by atoms with Crippen LogP contribution in [0, 0.1) is 31.1 Å². The van der Waals surface area contributed by atoms with Crippen LogP contribution in [0.1, 0.15) is 34.2 Å². The third-order valence-corrected chi connectivity index (χ3v) is 3.72. The zero-order valence-electron chi connectivity index (χ0n) is 14.1. The molecule has 23 heavy (non-hydrogen) atoms. The lowest BCUT2D eigenvalue weighted by Gasteiger charge is -2.18. The lowest BCUT2D eigenvalue weighted by molar-refractivity contribution is 0.0785. The summed E-state index contributed by atoms with van der Waals surface area (Å²) in [5.41, 5.74) is 3.75. The summed E-state index contributed by atoms with van der Waals surface area (Å²) in [4.78, 5) is 14.1. The number of rotatable bonds is 5. The number of hydrogen-bond acceptors (Lipinski definition) is 3. The van der Waals surface area contributed by atoms with E-state index >= 15 is 0 Å². The van der Waals surface area contributed by atoms with Gasteiger partial charge in [-0.3, -0.25) is 9.48 Å². The van der Waals surface area contributed by atoms with E-state index in [1.54, 1.807) is 18.0 Å². The van der Waals surface area contributed by atoms with E-state index in [0.717, 1.165) is 17.0 Å². The van der Waals surface area contributed by atoms with Crippen LogP contribution < -0.4 is 0 Å². The molecule has 1 amide bonds. The third kappa shape index (κ3) is 4.19. The predicted octanol–water partition coefficient (Wildman–Crippen LogP) is 2.78. The normalized spacial score (nSPS) is 11.8. The number of nitrogens with zero attached hydrogens (tertiary/aromatic N) is 4. The molecule has 1 aromatic heterocycles. The fourth-order valence-corrected chi connectivity index (χ4v) is 2.57. The Morgan fingerprint density at radius 2 is 2.13 bits per heavy atom. The maximum atomic E-state index is 12.5. The minimum absolute atomic E-state index is 0.0673. The number of carbonyl (C=O) groups excluding carboxylic acids is 1.